The maximum absolute atomic E-state index is 11.0. The molecule has 0 amide bonds. The molecule has 2 heterocycles. The van der Waals surface area contributed by atoms with Crippen molar-refractivity contribution in [2.45, 2.75) is 32.2 Å². The van der Waals surface area contributed by atoms with E-state index in [9.17, 15) is 4.79 Å². The first-order valence-corrected chi connectivity index (χ1v) is 6.34. The molecule has 0 aliphatic carbocycles. The molecule has 4 heteroatoms. The molecule has 2 N–H and O–H groups in total. The molecule has 0 aromatic rings. The highest BCUT2D eigenvalue weighted by molar-refractivity contribution is 5.70. The van der Waals surface area contributed by atoms with Gasteiger partial charge in [0.25, 0.3) is 0 Å². The quantitative estimate of drug-likeness (QED) is 0.730. The standard InChI is InChI=1S/C12H22N2O2/c1-9-2-4-14(5-3-9)11-6-10(12(15)16)7-13-8-11/h9-11,13H,2-8H2,1H3,(H,15,16)/t10-,11+/m1/s1. The van der Waals surface area contributed by atoms with E-state index < -0.39 is 5.97 Å². The Labute approximate surface area is 97.0 Å². The number of rotatable bonds is 2. The predicted molar refractivity (Wildman–Crippen MR) is 62.4 cm³/mol. The van der Waals surface area contributed by atoms with Crippen molar-refractivity contribution in [3.63, 3.8) is 0 Å². The highest BCUT2D eigenvalue weighted by Gasteiger charge is 2.31. The number of likely N-dealkylation sites (tertiary alicyclic amines) is 1. The van der Waals surface area contributed by atoms with Gasteiger partial charge >= 0.3 is 5.97 Å². The van der Waals surface area contributed by atoms with Gasteiger partial charge in [-0.05, 0) is 38.3 Å². The summed E-state index contributed by atoms with van der Waals surface area (Å²) in [7, 11) is 0. The molecule has 92 valence electrons. The molecule has 2 atom stereocenters. The van der Waals surface area contributed by atoms with Gasteiger partial charge in [0.1, 0.15) is 0 Å². The topological polar surface area (TPSA) is 52.6 Å². The number of carbonyl (C=O) groups is 1. The first-order chi connectivity index (χ1) is 7.66. The molecule has 2 aliphatic rings. The van der Waals surface area contributed by atoms with Gasteiger partial charge < -0.3 is 10.4 Å². The summed E-state index contributed by atoms with van der Waals surface area (Å²) in [5, 5.41) is 12.3. The summed E-state index contributed by atoms with van der Waals surface area (Å²) in [6.07, 6.45) is 3.33. The summed E-state index contributed by atoms with van der Waals surface area (Å²) in [4.78, 5) is 13.5. The minimum absolute atomic E-state index is 0.196. The van der Waals surface area contributed by atoms with E-state index in [0.29, 0.717) is 12.6 Å². The molecule has 0 unspecified atom stereocenters. The molecule has 0 radical (unpaired) electrons. The van der Waals surface area contributed by atoms with Crippen molar-refractivity contribution in [3.8, 4) is 0 Å². The Morgan fingerprint density at radius 3 is 2.62 bits per heavy atom. The van der Waals surface area contributed by atoms with Crippen LogP contribution < -0.4 is 5.32 Å². The van der Waals surface area contributed by atoms with Gasteiger partial charge in [-0.1, -0.05) is 6.92 Å². The number of nitrogens with zero attached hydrogens (tertiary/aromatic N) is 1. The Morgan fingerprint density at radius 2 is 2.00 bits per heavy atom. The highest BCUT2D eigenvalue weighted by Crippen LogP contribution is 2.22. The normalized spacial score (nSPS) is 33.8. The second kappa shape index (κ2) is 5.15. The van der Waals surface area contributed by atoms with Crippen molar-refractivity contribution >= 4 is 5.97 Å². The lowest BCUT2D eigenvalue weighted by Gasteiger charge is -2.40. The van der Waals surface area contributed by atoms with Crippen LogP contribution in [0.5, 0.6) is 0 Å². The van der Waals surface area contributed by atoms with Crippen LogP contribution in [0.1, 0.15) is 26.2 Å². The van der Waals surface area contributed by atoms with E-state index in [4.69, 9.17) is 5.11 Å². The summed E-state index contributed by atoms with van der Waals surface area (Å²) < 4.78 is 0. The number of nitrogens with one attached hydrogen (secondary N) is 1. The molecule has 0 spiro atoms. The van der Waals surface area contributed by atoms with Crippen LogP contribution in [0.25, 0.3) is 0 Å². The number of hydrogen-bond acceptors (Lipinski definition) is 3. The fraction of sp³-hybridized carbons (Fsp3) is 0.917. The van der Waals surface area contributed by atoms with Crippen LogP contribution in [0.2, 0.25) is 0 Å². The summed E-state index contributed by atoms with van der Waals surface area (Å²) in [5.41, 5.74) is 0. The van der Waals surface area contributed by atoms with Crippen molar-refractivity contribution in [2.24, 2.45) is 11.8 Å². The van der Waals surface area contributed by atoms with Gasteiger partial charge in [-0.2, -0.15) is 0 Å². The minimum Gasteiger partial charge on any atom is -0.481 e. The fourth-order valence-electron chi connectivity index (χ4n) is 2.78. The van der Waals surface area contributed by atoms with Crippen LogP contribution in [-0.4, -0.2) is 48.2 Å². The molecule has 2 rings (SSSR count). The number of hydrogen-bond donors (Lipinski definition) is 2. The van der Waals surface area contributed by atoms with Crippen LogP contribution in [0, 0.1) is 11.8 Å². The molecular formula is C12H22N2O2. The van der Waals surface area contributed by atoms with Crippen molar-refractivity contribution in [1.82, 2.24) is 10.2 Å². The van der Waals surface area contributed by atoms with Crippen LogP contribution in [0.15, 0.2) is 0 Å². The smallest absolute Gasteiger partial charge is 0.307 e. The highest BCUT2D eigenvalue weighted by atomic mass is 16.4. The van der Waals surface area contributed by atoms with E-state index in [1.54, 1.807) is 0 Å². The average molecular weight is 226 g/mol. The Kier molecular flexibility index (Phi) is 3.82. The van der Waals surface area contributed by atoms with E-state index in [-0.39, 0.29) is 5.92 Å². The summed E-state index contributed by atoms with van der Waals surface area (Å²) in [6.45, 7) is 6.17. The molecule has 0 bridgehead atoms. The van der Waals surface area contributed by atoms with Crippen molar-refractivity contribution < 1.29 is 9.90 Å². The zero-order valence-electron chi connectivity index (χ0n) is 9.98. The van der Waals surface area contributed by atoms with Crippen LogP contribution in [-0.2, 0) is 4.79 Å². The van der Waals surface area contributed by atoms with Gasteiger partial charge in [-0.15, -0.1) is 0 Å². The lowest BCUT2D eigenvalue weighted by Crippen LogP contribution is -2.52. The number of aliphatic carboxylic acids is 1. The van der Waals surface area contributed by atoms with Crippen molar-refractivity contribution in [1.29, 1.82) is 0 Å². The zero-order chi connectivity index (χ0) is 11.5. The molecule has 0 saturated carbocycles. The molecule has 2 aliphatic heterocycles. The predicted octanol–water partition coefficient (Wildman–Crippen LogP) is 0.781. The van der Waals surface area contributed by atoms with E-state index in [2.05, 4.69) is 17.1 Å². The van der Waals surface area contributed by atoms with E-state index >= 15 is 0 Å². The SMILES string of the molecule is CC1CCN([C@@H]2CNC[C@H](C(=O)O)C2)CC1. The first-order valence-electron chi connectivity index (χ1n) is 6.34. The van der Waals surface area contributed by atoms with Gasteiger partial charge in [-0.3, -0.25) is 9.69 Å². The van der Waals surface area contributed by atoms with Crippen LogP contribution in [0.4, 0.5) is 0 Å². The van der Waals surface area contributed by atoms with Crippen LogP contribution in [0.3, 0.4) is 0 Å². The summed E-state index contributed by atoms with van der Waals surface area (Å²) in [5.74, 6) is -0.0104. The van der Waals surface area contributed by atoms with E-state index in [1.165, 1.54) is 12.8 Å². The molecule has 2 saturated heterocycles. The fourth-order valence-corrected chi connectivity index (χ4v) is 2.78. The van der Waals surface area contributed by atoms with E-state index in [1.807, 2.05) is 0 Å². The summed E-state index contributed by atoms with van der Waals surface area (Å²) in [6, 6.07) is 0.433. The number of carboxylic acids is 1. The Morgan fingerprint density at radius 1 is 1.31 bits per heavy atom. The molecular weight excluding hydrogens is 204 g/mol. The Bertz CT molecular complexity index is 249. The van der Waals surface area contributed by atoms with Crippen molar-refractivity contribution in [2.75, 3.05) is 26.2 Å². The van der Waals surface area contributed by atoms with Gasteiger partial charge in [0.2, 0.25) is 0 Å². The Balaban J connectivity index is 1.87. The van der Waals surface area contributed by atoms with Gasteiger partial charge in [0.15, 0.2) is 0 Å². The maximum atomic E-state index is 11.0. The number of piperidine rings is 2. The largest absolute Gasteiger partial charge is 0.481 e. The summed E-state index contributed by atoms with van der Waals surface area (Å²) >= 11 is 0. The third-order valence-corrected chi connectivity index (χ3v) is 4.01. The van der Waals surface area contributed by atoms with Crippen molar-refractivity contribution in [3.05, 3.63) is 0 Å². The second-order valence-corrected chi connectivity index (χ2v) is 5.30. The minimum atomic E-state index is -0.650. The third kappa shape index (κ3) is 2.74. The lowest BCUT2D eigenvalue weighted by atomic mass is 9.91. The number of carboxylic acid groups (broad SMARTS) is 1. The van der Waals surface area contributed by atoms with Crippen LogP contribution >= 0.6 is 0 Å². The van der Waals surface area contributed by atoms with Gasteiger partial charge in [0.05, 0.1) is 5.92 Å². The first kappa shape index (κ1) is 11.9. The third-order valence-electron chi connectivity index (χ3n) is 4.01. The monoisotopic (exact) mass is 226 g/mol. The van der Waals surface area contributed by atoms with E-state index in [0.717, 1.165) is 32.0 Å². The lowest BCUT2D eigenvalue weighted by molar-refractivity contribution is -0.143. The molecule has 16 heavy (non-hydrogen) atoms. The average Bonchev–Trinajstić information content (AvgIpc) is 2.30. The van der Waals surface area contributed by atoms with Gasteiger partial charge in [-0.25, -0.2) is 0 Å². The van der Waals surface area contributed by atoms with Gasteiger partial charge in [0, 0.05) is 19.1 Å². The zero-order valence-corrected chi connectivity index (χ0v) is 9.98. The molecule has 2 fully saturated rings. The second-order valence-electron chi connectivity index (χ2n) is 5.30. The Hall–Kier alpha value is -0.610. The molecule has 4 nitrogen and oxygen atoms in total. The maximum Gasteiger partial charge on any atom is 0.307 e. The molecule has 0 aromatic heterocycles. The molecule has 0 aromatic carbocycles.